The minimum Gasteiger partial charge on any atom is -0.312 e. The molecule has 88 valence electrons. The molecule has 1 unspecified atom stereocenters. The third kappa shape index (κ3) is 3.72. The molecule has 1 saturated heterocycles. The van der Waals surface area contributed by atoms with Crippen molar-refractivity contribution < 1.29 is 0 Å². The molecule has 0 aliphatic carbocycles. The number of hydrogen-bond acceptors (Lipinski definition) is 3. The monoisotopic (exact) mass is 253 g/mol. The van der Waals surface area contributed by atoms with E-state index in [1.807, 2.05) is 0 Å². The van der Waals surface area contributed by atoms with E-state index in [1.54, 1.807) is 11.8 Å². The fourth-order valence-corrected chi connectivity index (χ4v) is 3.57. The molecule has 1 aromatic carbocycles. The maximum atomic E-state index is 3.55. The van der Waals surface area contributed by atoms with Gasteiger partial charge in [0.2, 0.25) is 0 Å². The van der Waals surface area contributed by atoms with Crippen molar-refractivity contribution >= 4 is 23.5 Å². The normalized spacial score (nSPS) is 20.2. The van der Waals surface area contributed by atoms with Gasteiger partial charge in [-0.1, -0.05) is 12.1 Å². The highest BCUT2D eigenvalue weighted by Gasteiger charge is 2.14. The lowest BCUT2D eigenvalue weighted by Gasteiger charge is -2.10. The lowest BCUT2D eigenvalue weighted by Crippen LogP contribution is -2.22. The average molecular weight is 253 g/mol. The Labute approximate surface area is 107 Å². The maximum Gasteiger partial charge on any atom is 0.0205 e. The SMILES string of the molecule is CSc1ccc(CNCC2CCCS2)cc1. The molecule has 1 aliphatic heterocycles. The van der Waals surface area contributed by atoms with Gasteiger partial charge >= 0.3 is 0 Å². The second kappa shape index (κ2) is 6.58. The van der Waals surface area contributed by atoms with Gasteiger partial charge in [0.05, 0.1) is 0 Å². The third-order valence-corrected chi connectivity index (χ3v) is 5.03. The zero-order chi connectivity index (χ0) is 11.2. The van der Waals surface area contributed by atoms with Crippen molar-refractivity contribution in [1.29, 1.82) is 0 Å². The summed E-state index contributed by atoms with van der Waals surface area (Å²) in [5.41, 5.74) is 1.39. The number of thioether (sulfide) groups is 2. The topological polar surface area (TPSA) is 12.0 Å². The summed E-state index contributed by atoms with van der Waals surface area (Å²) >= 11 is 3.92. The fraction of sp³-hybridized carbons (Fsp3) is 0.538. The lowest BCUT2D eigenvalue weighted by atomic mass is 10.2. The van der Waals surface area contributed by atoms with Gasteiger partial charge in [-0.2, -0.15) is 11.8 Å². The van der Waals surface area contributed by atoms with Crippen LogP contribution in [0.3, 0.4) is 0 Å². The summed E-state index contributed by atoms with van der Waals surface area (Å²) in [5, 5.41) is 4.41. The van der Waals surface area contributed by atoms with Crippen molar-refractivity contribution in [2.24, 2.45) is 0 Å². The highest BCUT2D eigenvalue weighted by Crippen LogP contribution is 2.25. The largest absolute Gasteiger partial charge is 0.312 e. The molecule has 16 heavy (non-hydrogen) atoms. The van der Waals surface area contributed by atoms with E-state index in [0.717, 1.165) is 18.3 Å². The Hall–Kier alpha value is -0.120. The molecule has 1 aromatic rings. The van der Waals surface area contributed by atoms with Crippen LogP contribution in [0.4, 0.5) is 0 Å². The van der Waals surface area contributed by atoms with Crippen molar-refractivity contribution in [3.8, 4) is 0 Å². The van der Waals surface area contributed by atoms with Gasteiger partial charge in [0.15, 0.2) is 0 Å². The van der Waals surface area contributed by atoms with Gasteiger partial charge in [-0.05, 0) is 42.5 Å². The standard InChI is InChI=1S/C13H19NS2/c1-15-12-6-4-11(5-7-12)9-14-10-13-3-2-8-16-13/h4-7,13-14H,2-3,8-10H2,1H3. The highest BCUT2D eigenvalue weighted by molar-refractivity contribution is 8.00. The quantitative estimate of drug-likeness (QED) is 0.808. The van der Waals surface area contributed by atoms with Crippen LogP contribution in [0.15, 0.2) is 29.2 Å². The first-order valence-electron chi connectivity index (χ1n) is 5.84. The van der Waals surface area contributed by atoms with Crippen LogP contribution in [0.2, 0.25) is 0 Å². The fourth-order valence-electron chi connectivity index (χ4n) is 1.93. The number of benzene rings is 1. The van der Waals surface area contributed by atoms with E-state index >= 15 is 0 Å². The molecule has 2 rings (SSSR count). The second-order valence-corrected chi connectivity index (χ2v) is 6.40. The second-order valence-electron chi connectivity index (χ2n) is 4.11. The summed E-state index contributed by atoms with van der Waals surface area (Å²) in [6.07, 6.45) is 4.91. The molecule has 1 atom stereocenters. The maximum absolute atomic E-state index is 3.55. The third-order valence-electron chi connectivity index (χ3n) is 2.88. The number of hydrogen-bond donors (Lipinski definition) is 1. The smallest absolute Gasteiger partial charge is 0.0205 e. The van der Waals surface area contributed by atoms with Crippen LogP contribution in [0.1, 0.15) is 18.4 Å². The van der Waals surface area contributed by atoms with Gasteiger partial charge in [0.25, 0.3) is 0 Å². The van der Waals surface area contributed by atoms with E-state index in [0.29, 0.717) is 0 Å². The molecule has 0 spiro atoms. The van der Waals surface area contributed by atoms with Crippen molar-refractivity contribution in [3.05, 3.63) is 29.8 Å². The Morgan fingerprint density at radius 2 is 2.19 bits per heavy atom. The first-order chi connectivity index (χ1) is 7.88. The van der Waals surface area contributed by atoms with Gasteiger partial charge in [0.1, 0.15) is 0 Å². The number of nitrogens with one attached hydrogen (secondary N) is 1. The molecular weight excluding hydrogens is 234 g/mol. The zero-order valence-electron chi connectivity index (χ0n) is 9.74. The van der Waals surface area contributed by atoms with E-state index in [9.17, 15) is 0 Å². The van der Waals surface area contributed by atoms with E-state index in [-0.39, 0.29) is 0 Å². The van der Waals surface area contributed by atoms with E-state index < -0.39 is 0 Å². The summed E-state index contributed by atoms with van der Waals surface area (Å²) in [4.78, 5) is 1.34. The summed E-state index contributed by atoms with van der Waals surface area (Å²) in [5.74, 6) is 1.36. The lowest BCUT2D eigenvalue weighted by molar-refractivity contribution is 0.645. The van der Waals surface area contributed by atoms with Gasteiger partial charge in [0, 0.05) is 23.2 Å². The Morgan fingerprint density at radius 1 is 1.38 bits per heavy atom. The molecule has 3 heteroatoms. The van der Waals surface area contributed by atoms with Crippen LogP contribution in [0, 0.1) is 0 Å². The Balaban J connectivity index is 1.71. The molecule has 1 aliphatic rings. The first-order valence-corrected chi connectivity index (χ1v) is 8.11. The molecule has 1 N–H and O–H groups in total. The molecular formula is C13H19NS2. The van der Waals surface area contributed by atoms with Gasteiger partial charge in [-0.3, -0.25) is 0 Å². The van der Waals surface area contributed by atoms with Crippen molar-refractivity contribution in [2.45, 2.75) is 29.5 Å². The number of rotatable bonds is 5. The van der Waals surface area contributed by atoms with E-state index in [4.69, 9.17) is 0 Å². The van der Waals surface area contributed by atoms with Crippen LogP contribution in [-0.4, -0.2) is 23.8 Å². The molecule has 0 saturated carbocycles. The summed E-state index contributed by atoms with van der Waals surface area (Å²) in [6.45, 7) is 2.17. The van der Waals surface area contributed by atoms with Gasteiger partial charge in [-0.15, -0.1) is 11.8 Å². The molecule has 1 fully saturated rings. The van der Waals surface area contributed by atoms with Crippen molar-refractivity contribution in [3.63, 3.8) is 0 Å². The minimum absolute atomic E-state index is 0.852. The Morgan fingerprint density at radius 3 is 2.81 bits per heavy atom. The highest BCUT2D eigenvalue weighted by atomic mass is 32.2. The first kappa shape index (κ1) is 12.3. The van der Waals surface area contributed by atoms with Crippen molar-refractivity contribution in [2.75, 3.05) is 18.6 Å². The zero-order valence-corrected chi connectivity index (χ0v) is 11.4. The summed E-state index contributed by atoms with van der Waals surface area (Å²) in [7, 11) is 0. The molecule has 0 amide bonds. The molecule has 0 bridgehead atoms. The van der Waals surface area contributed by atoms with E-state index in [2.05, 4.69) is 47.6 Å². The Bertz CT molecular complexity index is 304. The van der Waals surface area contributed by atoms with Crippen LogP contribution in [-0.2, 0) is 6.54 Å². The van der Waals surface area contributed by atoms with E-state index in [1.165, 1.54) is 29.1 Å². The Kier molecular flexibility index (Phi) is 5.07. The predicted octanol–water partition coefficient (Wildman–Crippen LogP) is 3.39. The molecule has 1 nitrogen and oxygen atoms in total. The van der Waals surface area contributed by atoms with Crippen molar-refractivity contribution in [1.82, 2.24) is 5.32 Å². The van der Waals surface area contributed by atoms with Crippen LogP contribution < -0.4 is 5.32 Å². The van der Waals surface area contributed by atoms with Gasteiger partial charge < -0.3 is 5.32 Å². The van der Waals surface area contributed by atoms with Gasteiger partial charge in [-0.25, -0.2) is 0 Å². The molecule has 1 heterocycles. The minimum atomic E-state index is 0.852. The van der Waals surface area contributed by atoms with Crippen LogP contribution >= 0.6 is 23.5 Å². The summed E-state index contributed by atoms with van der Waals surface area (Å²) < 4.78 is 0. The van der Waals surface area contributed by atoms with Crippen LogP contribution in [0.5, 0.6) is 0 Å². The van der Waals surface area contributed by atoms with Crippen LogP contribution in [0.25, 0.3) is 0 Å². The summed E-state index contributed by atoms with van der Waals surface area (Å²) in [6, 6.07) is 8.85. The molecule has 0 radical (unpaired) electrons. The average Bonchev–Trinajstić information content (AvgIpc) is 2.83. The predicted molar refractivity (Wildman–Crippen MR) is 75.4 cm³/mol. The molecule has 0 aromatic heterocycles.